The van der Waals surface area contributed by atoms with E-state index in [2.05, 4.69) is 6.92 Å². The van der Waals surface area contributed by atoms with Crippen LogP contribution < -0.4 is 0 Å². The quantitative estimate of drug-likeness (QED) is 0.0597. The third-order valence-electron chi connectivity index (χ3n) is 5.55. The molecule has 0 fully saturated rings. The first kappa shape index (κ1) is 31.2. The number of carbonyl (C=O) groups excluding carboxylic acids is 1. The first-order valence-electron chi connectivity index (χ1n) is 12.7. The van der Waals surface area contributed by atoms with E-state index in [0.717, 1.165) is 12.0 Å². The molecule has 0 aliphatic carbocycles. The number of Topliss-reactive ketones (excluding diaryl/α,β-unsaturated/α-hetero) is 1. The topological polar surface area (TPSA) is 37.3 Å². The van der Waals surface area contributed by atoms with Crippen LogP contribution in [0, 0.1) is 0 Å². The second-order valence-electron chi connectivity index (χ2n) is 8.51. The van der Waals surface area contributed by atoms with Gasteiger partial charge in [0.05, 0.1) is 0 Å². The molecule has 2 nitrogen and oxygen atoms in total. The maximum Gasteiger partial charge on any atom is 2.00 e. The van der Waals surface area contributed by atoms with E-state index in [1.165, 1.54) is 83.1 Å². The van der Waals surface area contributed by atoms with E-state index in [-0.39, 0.29) is 35.0 Å². The van der Waals surface area contributed by atoms with Gasteiger partial charge in [-0.2, -0.15) is 35.9 Å². The maximum atomic E-state index is 11.8. The number of aliphatic hydroxyl groups excluding tert-OH is 1. The summed E-state index contributed by atoms with van der Waals surface area (Å²) in [5.74, 6) is -0.377. The van der Waals surface area contributed by atoms with Crippen molar-refractivity contribution >= 4 is 5.78 Å². The van der Waals surface area contributed by atoms with E-state index in [1.807, 2.05) is 60.7 Å². The van der Waals surface area contributed by atoms with Gasteiger partial charge in [0.2, 0.25) is 0 Å². The molecule has 1 N–H and O–H groups in total. The van der Waals surface area contributed by atoms with Crippen LogP contribution in [0.25, 0.3) is 0 Å². The largest absolute Gasteiger partial charge is 2.00 e. The molecule has 0 atom stereocenters. The fourth-order valence-electron chi connectivity index (χ4n) is 3.58. The van der Waals surface area contributed by atoms with Crippen molar-refractivity contribution in [2.45, 2.75) is 96.8 Å². The number of hydrogen-bond acceptors (Lipinski definition) is 2. The third kappa shape index (κ3) is 19.4. The molecule has 2 aromatic carbocycles. The van der Waals surface area contributed by atoms with Gasteiger partial charge in [0.25, 0.3) is 0 Å². The van der Waals surface area contributed by atoms with Crippen molar-refractivity contribution in [3.8, 4) is 0 Å². The molecule has 3 heteroatoms. The molecule has 0 saturated heterocycles. The van der Waals surface area contributed by atoms with Gasteiger partial charge in [-0.1, -0.05) is 89.7 Å². The molecule has 0 radical (unpaired) electrons. The number of allylic oxidation sites excluding steroid dienone is 4. The molecular formula is C30H44FeO2. The Labute approximate surface area is 213 Å². The Morgan fingerprint density at radius 1 is 0.848 bits per heavy atom. The molecule has 0 amide bonds. The van der Waals surface area contributed by atoms with E-state index in [9.17, 15) is 9.90 Å². The van der Waals surface area contributed by atoms with Gasteiger partial charge in [-0.15, -0.1) is 0 Å². The molecule has 2 aromatic rings. The standard InChI is InChI=1S/C25H39O2.C5H5.Fe/c1-2-3-4-5-6-7-8-9-10-11-12-13-14-15-16-21-24(26)25(27)22-23-19-17-18-20-23;1-2-4-5-3-1;/h15-21,26H,2-14,22H2,1H3;1-5H;/q2*-1;+2. The van der Waals surface area contributed by atoms with Crippen LogP contribution in [-0.2, 0) is 28.3 Å². The van der Waals surface area contributed by atoms with Gasteiger partial charge >= 0.3 is 17.1 Å². The van der Waals surface area contributed by atoms with Crippen LogP contribution >= 0.6 is 0 Å². The van der Waals surface area contributed by atoms with E-state index >= 15 is 0 Å². The average molecular weight is 493 g/mol. The van der Waals surface area contributed by atoms with Crippen LogP contribution in [0.3, 0.4) is 0 Å². The van der Waals surface area contributed by atoms with Gasteiger partial charge in [-0.05, 0) is 18.9 Å². The predicted octanol–water partition coefficient (Wildman–Crippen LogP) is 9.01. The van der Waals surface area contributed by atoms with Crippen molar-refractivity contribution in [3.63, 3.8) is 0 Å². The maximum absolute atomic E-state index is 11.8. The smallest absolute Gasteiger partial charge is 0.504 e. The molecule has 184 valence electrons. The number of aliphatic hydroxyl groups is 1. The number of unbranched alkanes of at least 4 members (excludes halogenated alkanes) is 12. The van der Waals surface area contributed by atoms with E-state index < -0.39 is 0 Å². The van der Waals surface area contributed by atoms with Crippen LogP contribution in [0.1, 0.15) is 96.0 Å². The van der Waals surface area contributed by atoms with Crippen molar-refractivity contribution in [3.05, 3.63) is 84.1 Å². The van der Waals surface area contributed by atoms with Gasteiger partial charge < -0.3 is 5.11 Å². The first-order valence-corrected chi connectivity index (χ1v) is 12.7. The number of ketones is 1. The Balaban J connectivity index is 0.00000150. The molecule has 2 rings (SSSR count). The summed E-state index contributed by atoms with van der Waals surface area (Å²) < 4.78 is 0. The van der Waals surface area contributed by atoms with Crippen LogP contribution in [0.5, 0.6) is 0 Å². The van der Waals surface area contributed by atoms with E-state index in [4.69, 9.17) is 0 Å². The summed E-state index contributed by atoms with van der Waals surface area (Å²) in [5, 5.41) is 9.78. The zero-order valence-corrected chi connectivity index (χ0v) is 21.6. The van der Waals surface area contributed by atoms with Crippen LogP contribution in [0.2, 0.25) is 0 Å². The number of rotatable bonds is 17. The third-order valence-corrected chi connectivity index (χ3v) is 5.55. The number of hydrogen-bond donors (Lipinski definition) is 1. The van der Waals surface area contributed by atoms with Gasteiger partial charge in [0.15, 0.2) is 11.5 Å². The normalized spacial score (nSPS) is 11.1. The summed E-state index contributed by atoms with van der Waals surface area (Å²) in [7, 11) is 0. The van der Waals surface area contributed by atoms with Gasteiger partial charge in [0, 0.05) is 6.42 Å². The predicted molar refractivity (Wildman–Crippen MR) is 138 cm³/mol. The second kappa shape index (κ2) is 23.3. The monoisotopic (exact) mass is 492 g/mol. The van der Waals surface area contributed by atoms with Gasteiger partial charge in [0.1, 0.15) is 0 Å². The van der Waals surface area contributed by atoms with Crippen molar-refractivity contribution in [2.75, 3.05) is 0 Å². The van der Waals surface area contributed by atoms with Crippen molar-refractivity contribution in [1.29, 1.82) is 0 Å². The fourth-order valence-corrected chi connectivity index (χ4v) is 3.58. The Kier molecular flexibility index (Phi) is 22.0. The summed E-state index contributed by atoms with van der Waals surface area (Å²) in [4.78, 5) is 11.8. The zero-order chi connectivity index (χ0) is 23.1. The molecule has 0 heterocycles. The molecule has 0 aliphatic heterocycles. The number of carbonyl (C=O) groups is 1. The Hall–Kier alpha value is -1.83. The molecule has 0 spiro atoms. The Morgan fingerprint density at radius 3 is 1.91 bits per heavy atom. The summed E-state index contributed by atoms with van der Waals surface area (Å²) >= 11 is 0. The summed E-state index contributed by atoms with van der Waals surface area (Å²) in [6.07, 6.45) is 22.9. The SMILES string of the molecule is CCCCCCCCCCCCCCC=CC=C(O)C(=O)Cc1ccc[cH-]1.[Fe+2].c1cc[cH-]c1. The minimum Gasteiger partial charge on any atom is -0.504 e. The second-order valence-corrected chi connectivity index (χ2v) is 8.51. The van der Waals surface area contributed by atoms with Crippen LogP contribution in [-0.4, -0.2) is 10.9 Å². The zero-order valence-electron chi connectivity index (χ0n) is 20.5. The fraction of sp³-hybridized carbons (Fsp3) is 0.500. The van der Waals surface area contributed by atoms with Crippen LogP contribution in [0.4, 0.5) is 0 Å². The summed E-state index contributed by atoms with van der Waals surface area (Å²) in [6.45, 7) is 2.27. The molecule has 0 bridgehead atoms. The summed E-state index contributed by atoms with van der Waals surface area (Å²) in [6, 6.07) is 17.6. The van der Waals surface area contributed by atoms with E-state index in [0.29, 0.717) is 0 Å². The van der Waals surface area contributed by atoms with Gasteiger partial charge in [-0.25, -0.2) is 24.3 Å². The van der Waals surface area contributed by atoms with Gasteiger partial charge in [-0.3, -0.25) is 4.79 Å². The minimum absolute atomic E-state index is 0. The molecular weight excluding hydrogens is 448 g/mol. The Bertz CT molecular complexity index is 679. The summed E-state index contributed by atoms with van der Waals surface area (Å²) in [5.41, 5.74) is 0.945. The molecule has 33 heavy (non-hydrogen) atoms. The minimum atomic E-state index is -0.226. The Morgan fingerprint density at radius 2 is 1.42 bits per heavy atom. The van der Waals surface area contributed by atoms with E-state index in [1.54, 1.807) is 6.08 Å². The van der Waals surface area contributed by atoms with Crippen LogP contribution in [0.15, 0.2) is 78.6 Å². The molecule has 0 aliphatic rings. The average Bonchev–Trinajstić information content (AvgIpc) is 3.53. The van der Waals surface area contributed by atoms with Crippen molar-refractivity contribution in [1.82, 2.24) is 0 Å². The first-order chi connectivity index (χ1) is 15.7. The van der Waals surface area contributed by atoms with Crippen molar-refractivity contribution in [2.24, 2.45) is 0 Å². The molecule has 0 unspecified atom stereocenters. The van der Waals surface area contributed by atoms with Crippen molar-refractivity contribution < 1.29 is 27.0 Å². The molecule has 0 saturated carbocycles. The molecule has 0 aromatic heterocycles.